The van der Waals surface area contributed by atoms with Gasteiger partial charge in [-0.3, -0.25) is 14.6 Å². The highest BCUT2D eigenvalue weighted by Gasteiger charge is 2.25. The Morgan fingerprint density at radius 1 is 1.03 bits per heavy atom. The largest absolute Gasteiger partial charge is 0.497 e. The fourth-order valence-corrected chi connectivity index (χ4v) is 3.66. The molecule has 152 valence electrons. The fourth-order valence-electron chi connectivity index (χ4n) is 2.51. The second-order valence-corrected chi connectivity index (χ2v) is 7.48. The van der Waals surface area contributed by atoms with Crippen LogP contribution >= 0.6 is 0 Å². The van der Waals surface area contributed by atoms with E-state index in [2.05, 4.69) is 20.2 Å². The van der Waals surface area contributed by atoms with Crippen molar-refractivity contribution in [3.8, 4) is 11.5 Å². The van der Waals surface area contributed by atoms with E-state index in [1.165, 1.54) is 7.11 Å². The third-order valence-corrected chi connectivity index (χ3v) is 5.24. The Morgan fingerprint density at radius 2 is 1.66 bits per heavy atom. The third kappa shape index (κ3) is 4.85. The lowest BCUT2D eigenvalue weighted by Crippen LogP contribution is -2.19. The van der Waals surface area contributed by atoms with Gasteiger partial charge in [0.1, 0.15) is 11.5 Å². The molecule has 0 saturated heterocycles. The molecule has 0 radical (unpaired) electrons. The summed E-state index contributed by atoms with van der Waals surface area (Å²) in [6.45, 7) is 2.40. The van der Waals surface area contributed by atoms with Gasteiger partial charge in [0.05, 0.1) is 25.5 Å². The zero-order valence-corrected chi connectivity index (χ0v) is 16.6. The van der Waals surface area contributed by atoms with Gasteiger partial charge in [-0.1, -0.05) is 0 Å². The summed E-state index contributed by atoms with van der Waals surface area (Å²) in [5.41, 5.74) is 0.698. The SMILES string of the molecule is CCOc1ccc(NC(=O)c2cn[nH]c2S(=O)(=O)Nc2ccc(OC)cc2)cc1. The molecule has 29 heavy (non-hydrogen) atoms. The molecule has 10 heteroatoms. The summed E-state index contributed by atoms with van der Waals surface area (Å²) < 4.78 is 38.2. The van der Waals surface area contributed by atoms with E-state index in [-0.39, 0.29) is 10.6 Å². The molecule has 0 aliphatic carbocycles. The van der Waals surface area contributed by atoms with Crippen LogP contribution in [0.1, 0.15) is 17.3 Å². The zero-order chi connectivity index (χ0) is 20.9. The molecule has 1 heterocycles. The van der Waals surface area contributed by atoms with Crippen molar-refractivity contribution in [2.45, 2.75) is 11.9 Å². The number of amides is 1. The van der Waals surface area contributed by atoms with E-state index in [9.17, 15) is 13.2 Å². The Kier molecular flexibility index (Phi) is 6.03. The van der Waals surface area contributed by atoms with Gasteiger partial charge in [0.2, 0.25) is 0 Å². The second kappa shape index (κ2) is 8.65. The molecular weight excluding hydrogens is 396 g/mol. The molecule has 0 spiro atoms. The predicted octanol–water partition coefficient (Wildman–Crippen LogP) is 2.87. The summed E-state index contributed by atoms with van der Waals surface area (Å²) in [6, 6.07) is 13.1. The van der Waals surface area contributed by atoms with Gasteiger partial charge in [0.25, 0.3) is 15.9 Å². The first kappa shape index (κ1) is 20.2. The standard InChI is InChI=1S/C19H20N4O5S/c1-3-28-16-10-4-13(5-11-16)21-18(24)17-12-20-22-19(17)29(25,26)23-14-6-8-15(27-2)9-7-14/h4-12,23H,3H2,1-2H3,(H,20,22)(H,21,24). The van der Waals surface area contributed by atoms with E-state index in [0.717, 1.165) is 6.20 Å². The van der Waals surface area contributed by atoms with Crippen LogP contribution in [0.25, 0.3) is 0 Å². The summed E-state index contributed by atoms with van der Waals surface area (Å²) in [5.74, 6) is 0.642. The van der Waals surface area contributed by atoms with Crippen LogP contribution in [0, 0.1) is 0 Å². The van der Waals surface area contributed by atoms with Crippen LogP contribution in [0.2, 0.25) is 0 Å². The monoisotopic (exact) mass is 416 g/mol. The first-order chi connectivity index (χ1) is 13.9. The Hall–Kier alpha value is -3.53. The molecule has 9 nitrogen and oxygen atoms in total. The topological polar surface area (TPSA) is 122 Å². The first-order valence-corrected chi connectivity index (χ1v) is 10.2. The highest BCUT2D eigenvalue weighted by Crippen LogP contribution is 2.21. The van der Waals surface area contributed by atoms with Crippen LogP contribution in [0.15, 0.2) is 59.8 Å². The Bertz CT molecular complexity index is 1080. The van der Waals surface area contributed by atoms with Crippen LogP contribution in [-0.2, 0) is 10.0 Å². The molecule has 0 bridgehead atoms. The van der Waals surface area contributed by atoms with Crippen molar-refractivity contribution in [1.82, 2.24) is 10.2 Å². The van der Waals surface area contributed by atoms with Crippen LogP contribution in [0.4, 0.5) is 11.4 Å². The lowest BCUT2D eigenvalue weighted by atomic mass is 10.2. The Labute approximate surface area is 168 Å². The smallest absolute Gasteiger partial charge is 0.279 e. The summed E-state index contributed by atoms with van der Waals surface area (Å²) in [7, 11) is -2.55. The zero-order valence-electron chi connectivity index (χ0n) is 15.8. The van der Waals surface area contributed by atoms with E-state index in [1.54, 1.807) is 48.5 Å². The summed E-state index contributed by atoms with van der Waals surface area (Å²) in [4.78, 5) is 12.6. The molecule has 0 aliphatic rings. The van der Waals surface area contributed by atoms with Gasteiger partial charge < -0.3 is 14.8 Å². The Balaban J connectivity index is 1.76. The van der Waals surface area contributed by atoms with Crippen molar-refractivity contribution in [3.63, 3.8) is 0 Å². The summed E-state index contributed by atoms with van der Waals surface area (Å²) >= 11 is 0. The normalized spacial score (nSPS) is 11.0. The maximum Gasteiger partial charge on any atom is 0.279 e. The third-order valence-electron chi connectivity index (χ3n) is 3.88. The van der Waals surface area contributed by atoms with E-state index >= 15 is 0 Å². The molecular formula is C19H20N4O5S. The molecule has 0 saturated carbocycles. The lowest BCUT2D eigenvalue weighted by molar-refractivity contribution is 0.102. The number of rotatable bonds is 8. The van der Waals surface area contributed by atoms with Gasteiger partial charge >= 0.3 is 0 Å². The number of aromatic nitrogens is 2. The van der Waals surface area contributed by atoms with E-state index in [0.29, 0.717) is 29.5 Å². The maximum atomic E-state index is 12.7. The van der Waals surface area contributed by atoms with E-state index < -0.39 is 15.9 Å². The van der Waals surface area contributed by atoms with Crippen LogP contribution in [-0.4, -0.2) is 38.2 Å². The second-order valence-electron chi connectivity index (χ2n) is 5.86. The van der Waals surface area contributed by atoms with E-state index in [1.807, 2.05) is 6.92 Å². The van der Waals surface area contributed by atoms with Crippen molar-refractivity contribution in [3.05, 3.63) is 60.3 Å². The van der Waals surface area contributed by atoms with Gasteiger partial charge in [-0.2, -0.15) is 13.5 Å². The highest BCUT2D eigenvalue weighted by atomic mass is 32.2. The number of carbonyl (C=O) groups is 1. The van der Waals surface area contributed by atoms with Crippen LogP contribution < -0.4 is 19.5 Å². The van der Waals surface area contributed by atoms with Gasteiger partial charge in [0.15, 0.2) is 5.03 Å². The minimum atomic E-state index is -4.06. The lowest BCUT2D eigenvalue weighted by Gasteiger charge is -2.10. The summed E-state index contributed by atoms with van der Waals surface area (Å²) in [5, 5.41) is 8.39. The number of H-pyrrole nitrogens is 1. The molecule has 3 N–H and O–H groups in total. The van der Waals surface area contributed by atoms with Crippen molar-refractivity contribution < 1.29 is 22.7 Å². The molecule has 3 aromatic rings. The number of aromatic amines is 1. The molecule has 0 fully saturated rings. The minimum Gasteiger partial charge on any atom is -0.497 e. The van der Waals surface area contributed by atoms with Crippen molar-refractivity contribution in [2.24, 2.45) is 0 Å². The number of hydrogen-bond acceptors (Lipinski definition) is 6. The average Bonchev–Trinajstić information content (AvgIpc) is 3.21. The first-order valence-electron chi connectivity index (χ1n) is 8.67. The van der Waals surface area contributed by atoms with Crippen LogP contribution in [0.3, 0.4) is 0 Å². The molecule has 1 amide bonds. The number of nitrogens with zero attached hydrogens (tertiary/aromatic N) is 1. The number of carbonyl (C=O) groups excluding carboxylic acids is 1. The van der Waals surface area contributed by atoms with Gasteiger partial charge in [0, 0.05) is 11.4 Å². The maximum absolute atomic E-state index is 12.7. The van der Waals surface area contributed by atoms with Crippen molar-refractivity contribution in [1.29, 1.82) is 0 Å². The minimum absolute atomic E-state index is 0.111. The van der Waals surface area contributed by atoms with Crippen molar-refractivity contribution in [2.75, 3.05) is 23.8 Å². The fraction of sp³-hybridized carbons (Fsp3) is 0.158. The van der Waals surface area contributed by atoms with Gasteiger partial charge in [-0.25, -0.2) is 0 Å². The number of benzene rings is 2. The molecule has 1 aromatic heterocycles. The quantitative estimate of drug-likeness (QED) is 0.519. The number of methoxy groups -OCH3 is 1. The van der Waals surface area contributed by atoms with Crippen molar-refractivity contribution >= 4 is 27.3 Å². The number of hydrogen-bond donors (Lipinski definition) is 3. The predicted molar refractivity (Wildman–Crippen MR) is 108 cm³/mol. The number of anilines is 2. The molecule has 3 rings (SSSR count). The van der Waals surface area contributed by atoms with Gasteiger partial charge in [-0.15, -0.1) is 0 Å². The molecule has 2 aromatic carbocycles. The molecule has 0 atom stereocenters. The van der Waals surface area contributed by atoms with Crippen LogP contribution in [0.5, 0.6) is 11.5 Å². The molecule has 0 unspecified atom stereocenters. The number of sulfonamides is 1. The van der Waals surface area contributed by atoms with Gasteiger partial charge in [-0.05, 0) is 55.5 Å². The Morgan fingerprint density at radius 3 is 2.28 bits per heavy atom. The highest BCUT2D eigenvalue weighted by molar-refractivity contribution is 7.92. The summed E-state index contributed by atoms with van der Waals surface area (Å²) in [6.07, 6.45) is 1.16. The molecule has 0 aliphatic heterocycles. The number of ether oxygens (including phenoxy) is 2. The average molecular weight is 416 g/mol. The van der Waals surface area contributed by atoms with E-state index in [4.69, 9.17) is 9.47 Å². The number of nitrogens with one attached hydrogen (secondary N) is 3.